The highest BCUT2D eigenvalue weighted by Crippen LogP contribution is 2.27. The van der Waals surface area contributed by atoms with Gasteiger partial charge >= 0.3 is 12.3 Å². The third kappa shape index (κ3) is 6.60. The molecule has 2 aromatic carbocycles. The molecule has 1 N–H and O–H groups in total. The summed E-state index contributed by atoms with van der Waals surface area (Å²) in [4.78, 5) is 12.6. The molecule has 0 radical (unpaired) electrons. The molecule has 1 aromatic heterocycles. The third-order valence-electron chi connectivity index (χ3n) is 4.40. The standard InChI is InChI=1S/C21H16Cl3F4N3O2/c22-15-5-2-6-16(23)14(15)8-31-9-17(24)18(30-31)29-19(32)13-4-1-3-12(7-13)10-33-11-21(27,28)20(25)26/h1-7,9,20H,8,10-11H2,(H,29,30,32). The highest BCUT2D eigenvalue weighted by atomic mass is 35.5. The Morgan fingerprint density at radius 3 is 2.42 bits per heavy atom. The fraction of sp³-hybridized carbons (Fsp3) is 0.238. The normalized spacial score (nSPS) is 11.8. The third-order valence-corrected chi connectivity index (χ3v) is 5.39. The number of nitrogens with zero attached hydrogens (tertiary/aromatic N) is 2. The molecule has 33 heavy (non-hydrogen) atoms. The number of alkyl halides is 4. The SMILES string of the molecule is O=C(Nc1nn(Cc2c(Cl)cccc2Cl)cc1Cl)c1cccc(COCC(F)(F)C(F)F)c1. The summed E-state index contributed by atoms with van der Waals surface area (Å²) in [7, 11) is 0. The van der Waals surface area contributed by atoms with Crippen LogP contribution in [0, 0.1) is 0 Å². The smallest absolute Gasteiger partial charge is 0.330 e. The zero-order valence-electron chi connectivity index (χ0n) is 16.7. The molecule has 0 saturated carbocycles. The Morgan fingerprint density at radius 1 is 1.09 bits per heavy atom. The van der Waals surface area contributed by atoms with Gasteiger partial charge in [-0.2, -0.15) is 13.9 Å². The quantitative estimate of drug-likeness (QED) is 0.323. The number of rotatable bonds is 9. The van der Waals surface area contributed by atoms with Crippen molar-refractivity contribution in [3.05, 3.63) is 80.4 Å². The Bertz CT molecular complexity index is 1120. The van der Waals surface area contributed by atoms with Gasteiger partial charge in [0.1, 0.15) is 11.6 Å². The fourth-order valence-electron chi connectivity index (χ4n) is 2.76. The lowest BCUT2D eigenvalue weighted by Gasteiger charge is -2.15. The van der Waals surface area contributed by atoms with Crippen molar-refractivity contribution in [1.29, 1.82) is 0 Å². The zero-order chi connectivity index (χ0) is 24.2. The van der Waals surface area contributed by atoms with Crippen LogP contribution in [0.4, 0.5) is 23.4 Å². The van der Waals surface area contributed by atoms with Crippen LogP contribution in [0.5, 0.6) is 0 Å². The first-order chi connectivity index (χ1) is 15.6. The van der Waals surface area contributed by atoms with Crippen LogP contribution in [0.1, 0.15) is 21.5 Å². The highest BCUT2D eigenvalue weighted by molar-refractivity contribution is 6.36. The van der Waals surface area contributed by atoms with Crippen molar-refractivity contribution in [2.24, 2.45) is 0 Å². The topological polar surface area (TPSA) is 56.2 Å². The molecular formula is C21H16Cl3F4N3O2. The average Bonchev–Trinajstić information content (AvgIpc) is 3.09. The number of halogens is 7. The van der Waals surface area contributed by atoms with Crippen molar-refractivity contribution in [2.45, 2.75) is 25.5 Å². The second-order valence-corrected chi connectivity index (χ2v) is 8.15. The molecule has 0 aliphatic rings. The summed E-state index contributed by atoms with van der Waals surface area (Å²) in [6.07, 6.45) is -2.34. The molecule has 1 heterocycles. The number of amides is 1. The first kappa shape index (κ1) is 25.3. The lowest BCUT2D eigenvalue weighted by molar-refractivity contribution is -0.168. The van der Waals surface area contributed by atoms with Crippen molar-refractivity contribution in [3.8, 4) is 0 Å². The first-order valence-corrected chi connectivity index (χ1v) is 10.5. The molecule has 0 atom stereocenters. The van der Waals surface area contributed by atoms with Crippen molar-refractivity contribution in [1.82, 2.24) is 9.78 Å². The number of carbonyl (C=O) groups is 1. The largest absolute Gasteiger partial charge is 0.370 e. The van der Waals surface area contributed by atoms with E-state index in [1.807, 2.05) is 0 Å². The molecule has 0 aliphatic carbocycles. The van der Waals surface area contributed by atoms with Gasteiger partial charge in [0, 0.05) is 27.4 Å². The van der Waals surface area contributed by atoms with Crippen LogP contribution in [-0.2, 0) is 17.9 Å². The van der Waals surface area contributed by atoms with Crippen LogP contribution >= 0.6 is 34.8 Å². The van der Waals surface area contributed by atoms with E-state index in [0.29, 0.717) is 21.2 Å². The molecule has 5 nitrogen and oxygen atoms in total. The highest BCUT2D eigenvalue weighted by Gasteiger charge is 2.40. The van der Waals surface area contributed by atoms with Gasteiger partial charge in [-0.25, -0.2) is 8.78 Å². The molecule has 0 aliphatic heterocycles. The summed E-state index contributed by atoms with van der Waals surface area (Å²) in [5.41, 5.74) is 1.14. The summed E-state index contributed by atoms with van der Waals surface area (Å²) in [6.45, 7) is -1.61. The van der Waals surface area contributed by atoms with Gasteiger partial charge < -0.3 is 10.1 Å². The Hall–Kier alpha value is -2.33. The second-order valence-electron chi connectivity index (χ2n) is 6.93. The molecule has 3 rings (SSSR count). The summed E-state index contributed by atoms with van der Waals surface area (Å²) in [5, 5.41) is 7.85. The minimum Gasteiger partial charge on any atom is -0.370 e. The van der Waals surface area contributed by atoms with Crippen molar-refractivity contribution < 1.29 is 27.1 Å². The van der Waals surface area contributed by atoms with Crippen LogP contribution in [0.15, 0.2) is 48.7 Å². The summed E-state index contributed by atoms with van der Waals surface area (Å²) >= 11 is 18.5. The lowest BCUT2D eigenvalue weighted by atomic mass is 10.1. The fourth-order valence-corrected chi connectivity index (χ4v) is 3.47. The monoisotopic (exact) mass is 523 g/mol. The Morgan fingerprint density at radius 2 is 1.76 bits per heavy atom. The maximum atomic E-state index is 12.9. The van der Waals surface area contributed by atoms with Crippen molar-refractivity contribution in [2.75, 3.05) is 11.9 Å². The van der Waals surface area contributed by atoms with Gasteiger partial charge in [0.2, 0.25) is 0 Å². The van der Waals surface area contributed by atoms with Crippen LogP contribution in [0.3, 0.4) is 0 Å². The van der Waals surface area contributed by atoms with Crippen LogP contribution in [0.2, 0.25) is 15.1 Å². The summed E-state index contributed by atoms with van der Waals surface area (Å²) in [6, 6.07) is 10.9. The number of carbonyl (C=O) groups excluding carboxylic acids is 1. The maximum absolute atomic E-state index is 12.9. The second kappa shape index (κ2) is 10.7. The van der Waals surface area contributed by atoms with E-state index in [1.165, 1.54) is 35.1 Å². The molecule has 0 saturated heterocycles. The molecule has 0 unspecified atom stereocenters. The number of nitrogens with one attached hydrogen (secondary N) is 1. The number of hydrogen-bond donors (Lipinski definition) is 1. The number of ether oxygens (including phenoxy) is 1. The van der Waals surface area contributed by atoms with E-state index < -0.39 is 24.9 Å². The Labute approximate surface area is 201 Å². The van der Waals surface area contributed by atoms with Gasteiger partial charge in [0.05, 0.1) is 13.2 Å². The molecule has 0 fully saturated rings. The molecular weight excluding hydrogens is 509 g/mol. The Balaban J connectivity index is 1.65. The Kier molecular flexibility index (Phi) is 8.23. The van der Waals surface area contributed by atoms with Gasteiger partial charge in [0.25, 0.3) is 5.91 Å². The van der Waals surface area contributed by atoms with E-state index in [-0.39, 0.29) is 29.6 Å². The molecule has 0 spiro atoms. The van der Waals surface area contributed by atoms with E-state index in [1.54, 1.807) is 18.2 Å². The molecule has 1 amide bonds. The van der Waals surface area contributed by atoms with Gasteiger partial charge in [-0.3, -0.25) is 9.48 Å². The van der Waals surface area contributed by atoms with Gasteiger partial charge in [-0.05, 0) is 29.8 Å². The average molecular weight is 525 g/mol. The van der Waals surface area contributed by atoms with Crippen LogP contribution < -0.4 is 5.32 Å². The lowest BCUT2D eigenvalue weighted by Crippen LogP contribution is -2.32. The van der Waals surface area contributed by atoms with Crippen molar-refractivity contribution >= 4 is 46.5 Å². The maximum Gasteiger partial charge on any atom is 0.330 e. The number of anilines is 1. The van der Waals surface area contributed by atoms with E-state index in [9.17, 15) is 22.4 Å². The van der Waals surface area contributed by atoms with E-state index in [2.05, 4.69) is 15.2 Å². The predicted octanol–water partition coefficient (Wildman–Crippen LogP) is 6.56. The first-order valence-electron chi connectivity index (χ1n) is 9.36. The molecule has 176 valence electrons. The number of hydrogen-bond acceptors (Lipinski definition) is 3. The van der Waals surface area contributed by atoms with Crippen LogP contribution in [-0.4, -0.2) is 34.6 Å². The minimum atomic E-state index is -4.25. The predicted molar refractivity (Wildman–Crippen MR) is 118 cm³/mol. The van der Waals surface area contributed by atoms with Gasteiger partial charge in [-0.1, -0.05) is 53.0 Å². The summed E-state index contributed by atoms with van der Waals surface area (Å²) < 4.78 is 56.4. The van der Waals surface area contributed by atoms with Crippen molar-refractivity contribution in [3.63, 3.8) is 0 Å². The van der Waals surface area contributed by atoms with Gasteiger partial charge in [0.15, 0.2) is 5.82 Å². The minimum absolute atomic E-state index is 0.0862. The van der Waals surface area contributed by atoms with E-state index in [4.69, 9.17) is 34.8 Å². The van der Waals surface area contributed by atoms with Crippen LogP contribution in [0.25, 0.3) is 0 Å². The zero-order valence-corrected chi connectivity index (χ0v) is 18.9. The number of aromatic nitrogens is 2. The molecule has 0 bridgehead atoms. The summed E-state index contributed by atoms with van der Waals surface area (Å²) in [5.74, 6) is -4.74. The number of benzene rings is 2. The molecule has 3 aromatic rings. The molecule has 12 heteroatoms. The van der Waals surface area contributed by atoms with E-state index >= 15 is 0 Å². The van der Waals surface area contributed by atoms with E-state index in [0.717, 1.165) is 0 Å². The van der Waals surface area contributed by atoms with Gasteiger partial charge in [-0.15, -0.1) is 0 Å².